The number of halogens is 1. The predicted octanol–water partition coefficient (Wildman–Crippen LogP) is 5.68. The van der Waals surface area contributed by atoms with Gasteiger partial charge in [0.15, 0.2) is 5.76 Å². The van der Waals surface area contributed by atoms with Crippen molar-refractivity contribution in [2.75, 3.05) is 18.9 Å². The molecule has 0 atom stereocenters. The molecule has 0 saturated carbocycles. The van der Waals surface area contributed by atoms with E-state index in [1.165, 1.54) is 4.90 Å². The standard InChI is InChI=1S/C26H22ClN3O3/c1-17-11-13-18(14-12-17)23-15-28-25(33-23)19-7-3-4-8-20(19)26(32)30(2)16-24(31)29-22-10-6-5-9-21(22)27/h3-15H,16H2,1-2H3,(H,29,31). The summed E-state index contributed by atoms with van der Waals surface area (Å²) < 4.78 is 5.96. The summed E-state index contributed by atoms with van der Waals surface area (Å²) in [5.41, 5.74) is 3.49. The highest BCUT2D eigenvalue weighted by molar-refractivity contribution is 6.33. The van der Waals surface area contributed by atoms with Crippen molar-refractivity contribution in [3.8, 4) is 22.8 Å². The number of benzene rings is 3. The van der Waals surface area contributed by atoms with Crippen molar-refractivity contribution in [3.05, 3.63) is 95.1 Å². The SMILES string of the molecule is Cc1ccc(-c2cnc(-c3ccccc3C(=O)N(C)CC(=O)Nc3ccccc3Cl)o2)cc1. The van der Waals surface area contributed by atoms with Gasteiger partial charge in [0.25, 0.3) is 5.91 Å². The van der Waals surface area contributed by atoms with Crippen LogP contribution in [-0.4, -0.2) is 35.3 Å². The van der Waals surface area contributed by atoms with Crippen LogP contribution in [-0.2, 0) is 4.79 Å². The quantitative estimate of drug-likeness (QED) is 0.402. The van der Waals surface area contributed by atoms with Crippen LogP contribution in [0.5, 0.6) is 0 Å². The van der Waals surface area contributed by atoms with E-state index in [1.54, 1.807) is 55.7 Å². The number of aryl methyl sites for hydroxylation is 1. The van der Waals surface area contributed by atoms with E-state index in [9.17, 15) is 9.59 Å². The Balaban J connectivity index is 1.52. The minimum Gasteiger partial charge on any atom is -0.436 e. The van der Waals surface area contributed by atoms with E-state index in [0.717, 1.165) is 11.1 Å². The number of likely N-dealkylation sites (N-methyl/N-ethyl adjacent to an activating group) is 1. The Hall–Kier alpha value is -3.90. The lowest BCUT2D eigenvalue weighted by Crippen LogP contribution is -2.35. The first-order valence-corrected chi connectivity index (χ1v) is 10.7. The van der Waals surface area contributed by atoms with Crippen molar-refractivity contribution in [1.82, 2.24) is 9.88 Å². The van der Waals surface area contributed by atoms with E-state index in [1.807, 2.05) is 37.3 Å². The summed E-state index contributed by atoms with van der Waals surface area (Å²) in [5, 5.41) is 3.15. The van der Waals surface area contributed by atoms with Crippen LogP contribution in [0, 0.1) is 6.92 Å². The predicted molar refractivity (Wildman–Crippen MR) is 129 cm³/mol. The minimum atomic E-state index is -0.353. The molecule has 1 aromatic heterocycles. The van der Waals surface area contributed by atoms with Gasteiger partial charge in [0.2, 0.25) is 11.8 Å². The zero-order valence-corrected chi connectivity index (χ0v) is 19.0. The average molecular weight is 460 g/mol. The maximum Gasteiger partial charge on any atom is 0.254 e. The van der Waals surface area contributed by atoms with E-state index in [4.69, 9.17) is 16.0 Å². The van der Waals surface area contributed by atoms with Crippen molar-refractivity contribution < 1.29 is 14.0 Å². The molecule has 4 aromatic rings. The first-order valence-electron chi connectivity index (χ1n) is 10.3. The highest BCUT2D eigenvalue weighted by Gasteiger charge is 2.21. The summed E-state index contributed by atoms with van der Waals surface area (Å²) in [5.74, 6) is 0.271. The van der Waals surface area contributed by atoms with Gasteiger partial charge >= 0.3 is 0 Å². The third-order valence-electron chi connectivity index (χ3n) is 5.11. The molecule has 0 aliphatic heterocycles. The van der Waals surface area contributed by atoms with Crippen LogP contribution in [0.3, 0.4) is 0 Å². The van der Waals surface area contributed by atoms with Gasteiger partial charge in [-0.25, -0.2) is 4.98 Å². The highest BCUT2D eigenvalue weighted by atomic mass is 35.5. The molecule has 4 rings (SSSR count). The second-order valence-electron chi connectivity index (χ2n) is 7.63. The molecule has 166 valence electrons. The number of anilines is 1. The molecule has 1 N–H and O–H groups in total. The second-order valence-corrected chi connectivity index (χ2v) is 8.04. The third kappa shape index (κ3) is 5.13. The second kappa shape index (κ2) is 9.71. The van der Waals surface area contributed by atoms with Gasteiger partial charge in [-0.3, -0.25) is 9.59 Å². The smallest absolute Gasteiger partial charge is 0.254 e. The molecule has 0 aliphatic rings. The zero-order valence-electron chi connectivity index (χ0n) is 18.2. The van der Waals surface area contributed by atoms with Crippen LogP contribution in [0.1, 0.15) is 15.9 Å². The van der Waals surface area contributed by atoms with Crippen LogP contribution in [0.4, 0.5) is 5.69 Å². The van der Waals surface area contributed by atoms with E-state index in [2.05, 4.69) is 10.3 Å². The fraction of sp³-hybridized carbons (Fsp3) is 0.115. The van der Waals surface area contributed by atoms with E-state index in [-0.39, 0.29) is 18.4 Å². The summed E-state index contributed by atoms with van der Waals surface area (Å²) in [7, 11) is 1.57. The summed E-state index contributed by atoms with van der Waals surface area (Å²) in [6.45, 7) is 1.88. The molecule has 0 fully saturated rings. The lowest BCUT2D eigenvalue weighted by molar-refractivity contribution is -0.116. The van der Waals surface area contributed by atoms with Crippen LogP contribution in [0.25, 0.3) is 22.8 Å². The normalized spacial score (nSPS) is 10.6. The Morgan fingerprint density at radius 2 is 1.70 bits per heavy atom. The molecule has 7 heteroatoms. The van der Waals surface area contributed by atoms with Crippen molar-refractivity contribution in [2.45, 2.75) is 6.92 Å². The number of nitrogens with zero attached hydrogens (tertiary/aromatic N) is 2. The molecule has 0 saturated heterocycles. The molecular weight excluding hydrogens is 438 g/mol. The molecule has 0 spiro atoms. The number of rotatable bonds is 6. The Morgan fingerprint density at radius 3 is 2.45 bits per heavy atom. The van der Waals surface area contributed by atoms with Crippen LogP contribution < -0.4 is 5.32 Å². The average Bonchev–Trinajstić information content (AvgIpc) is 3.30. The molecule has 0 unspecified atom stereocenters. The first-order chi connectivity index (χ1) is 15.9. The van der Waals surface area contributed by atoms with Crippen molar-refractivity contribution in [2.24, 2.45) is 0 Å². The van der Waals surface area contributed by atoms with Crippen LogP contribution in [0.2, 0.25) is 5.02 Å². The van der Waals surface area contributed by atoms with Gasteiger partial charge in [0.1, 0.15) is 0 Å². The summed E-state index contributed by atoms with van der Waals surface area (Å²) >= 11 is 6.09. The third-order valence-corrected chi connectivity index (χ3v) is 5.43. The Morgan fingerprint density at radius 1 is 1.00 bits per heavy atom. The van der Waals surface area contributed by atoms with Gasteiger partial charge in [-0.15, -0.1) is 0 Å². The highest BCUT2D eigenvalue weighted by Crippen LogP contribution is 2.29. The molecule has 6 nitrogen and oxygen atoms in total. The molecule has 33 heavy (non-hydrogen) atoms. The van der Waals surface area contributed by atoms with Crippen molar-refractivity contribution >= 4 is 29.1 Å². The molecule has 3 aromatic carbocycles. The van der Waals surface area contributed by atoms with Gasteiger partial charge in [-0.1, -0.05) is 65.7 Å². The molecular formula is C26H22ClN3O3. The Kier molecular flexibility index (Phi) is 6.56. The molecule has 1 heterocycles. The van der Waals surface area contributed by atoms with E-state index >= 15 is 0 Å². The van der Waals surface area contributed by atoms with Gasteiger partial charge in [0, 0.05) is 18.2 Å². The van der Waals surface area contributed by atoms with Gasteiger partial charge in [0.05, 0.1) is 29.0 Å². The number of para-hydroxylation sites is 1. The lowest BCUT2D eigenvalue weighted by atomic mass is 10.1. The maximum atomic E-state index is 13.2. The summed E-state index contributed by atoms with van der Waals surface area (Å²) in [4.78, 5) is 31.3. The first kappa shape index (κ1) is 22.3. The van der Waals surface area contributed by atoms with Crippen molar-refractivity contribution in [3.63, 3.8) is 0 Å². The topological polar surface area (TPSA) is 75.4 Å². The van der Waals surface area contributed by atoms with Gasteiger partial charge < -0.3 is 14.6 Å². The number of hydrogen-bond acceptors (Lipinski definition) is 4. The number of carbonyl (C=O) groups is 2. The van der Waals surface area contributed by atoms with Crippen LogP contribution in [0.15, 0.2) is 83.4 Å². The minimum absolute atomic E-state index is 0.140. The lowest BCUT2D eigenvalue weighted by Gasteiger charge is -2.18. The monoisotopic (exact) mass is 459 g/mol. The van der Waals surface area contributed by atoms with E-state index < -0.39 is 0 Å². The van der Waals surface area contributed by atoms with Crippen LogP contribution >= 0.6 is 11.6 Å². The molecule has 0 radical (unpaired) electrons. The zero-order chi connectivity index (χ0) is 23.4. The number of hydrogen-bond donors (Lipinski definition) is 1. The molecule has 0 bridgehead atoms. The number of nitrogens with one attached hydrogen (secondary N) is 1. The fourth-order valence-electron chi connectivity index (χ4n) is 3.35. The maximum absolute atomic E-state index is 13.2. The summed E-state index contributed by atoms with van der Waals surface area (Å²) in [6.07, 6.45) is 1.64. The van der Waals surface area contributed by atoms with Gasteiger partial charge in [-0.2, -0.15) is 0 Å². The fourth-order valence-corrected chi connectivity index (χ4v) is 3.53. The molecule has 2 amide bonds. The van der Waals surface area contributed by atoms with E-state index in [0.29, 0.717) is 33.5 Å². The van der Waals surface area contributed by atoms with Crippen molar-refractivity contribution in [1.29, 1.82) is 0 Å². The number of amides is 2. The Bertz CT molecular complexity index is 1300. The largest absolute Gasteiger partial charge is 0.436 e. The Labute approximate surface area is 196 Å². The van der Waals surface area contributed by atoms with Gasteiger partial charge in [-0.05, 0) is 31.2 Å². The number of aromatic nitrogens is 1. The molecule has 0 aliphatic carbocycles. The summed E-state index contributed by atoms with van der Waals surface area (Å²) in [6, 6.07) is 21.9. The number of oxazole rings is 1. The number of carbonyl (C=O) groups excluding carboxylic acids is 2.